The van der Waals surface area contributed by atoms with Crippen molar-refractivity contribution in [3.63, 3.8) is 0 Å². The maximum atomic E-state index is 12.9. The number of urea groups is 1. The van der Waals surface area contributed by atoms with E-state index in [2.05, 4.69) is 10.6 Å². The molecule has 1 fully saturated rings. The maximum Gasteiger partial charge on any atom is 0.322 e. The summed E-state index contributed by atoms with van der Waals surface area (Å²) >= 11 is 0. The molecule has 1 aliphatic carbocycles. The second kappa shape index (κ2) is 8.33. The molecule has 0 heterocycles. The Labute approximate surface area is 165 Å². The highest BCUT2D eigenvalue weighted by molar-refractivity contribution is 5.95. The van der Waals surface area contributed by atoms with Gasteiger partial charge in [-0.15, -0.1) is 0 Å². The van der Waals surface area contributed by atoms with Crippen LogP contribution in [-0.2, 0) is 11.3 Å². The monoisotopic (exact) mass is 381 g/mol. The summed E-state index contributed by atoms with van der Waals surface area (Å²) in [5.74, 6) is 0.0121. The van der Waals surface area contributed by atoms with Crippen LogP contribution in [0, 0.1) is 12.8 Å². The molecule has 0 atom stereocenters. The largest absolute Gasteiger partial charge is 0.508 e. The average Bonchev–Trinajstić information content (AvgIpc) is 3.47. The summed E-state index contributed by atoms with van der Waals surface area (Å²) in [7, 11) is 0. The lowest BCUT2D eigenvalue weighted by Crippen LogP contribution is -2.36. The number of nitrogens with zero attached hydrogens (tertiary/aromatic N) is 1. The lowest BCUT2D eigenvalue weighted by atomic mass is 10.1. The molecule has 3 amide bonds. The SMILES string of the molecule is Cc1ccc(NC(=O)N(Cc2cccc(O)c2)C2CC2)cc1NC(=O)C(C)C. The number of phenolic OH excluding ortho intramolecular Hbond substituents is 1. The molecule has 1 aliphatic rings. The van der Waals surface area contributed by atoms with Crippen molar-refractivity contribution in [3.05, 3.63) is 53.6 Å². The topological polar surface area (TPSA) is 81.7 Å². The van der Waals surface area contributed by atoms with Gasteiger partial charge < -0.3 is 20.6 Å². The maximum absolute atomic E-state index is 12.9. The van der Waals surface area contributed by atoms with E-state index in [1.54, 1.807) is 29.2 Å². The smallest absolute Gasteiger partial charge is 0.322 e. The summed E-state index contributed by atoms with van der Waals surface area (Å²) < 4.78 is 0. The number of aryl methyl sites for hydroxylation is 1. The normalized spacial score (nSPS) is 13.3. The van der Waals surface area contributed by atoms with Crippen LogP contribution in [0.2, 0.25) is 0 Å². The molecule has 6 heteroatoms. The van der Waals surface area contributed by atoms with Gasteiger partial charge in [0.2, 0.25) is 5.91 Å². The Morgan fingerprint density at radius 2 is 1.89 bits per heavy atom. The fourth-order valence-electron chi connectivity index (χ4n) is 2.91. The van der Waals surface area contributed by atoms with E-state index in [0.29, 0.717) is 17.9 Å². The van der Waals surface area contributed by atoms with Gasteiger partial charge in [0.15, 0.2) is 0 Å². The van der Waals surface area contributed by atoms with Gasteiger partial charge in [-0.05, 0) is 55.2 Å². The summed E-state index contributed by atoms with van der Waals surface area (Å²) in [6.45, 7) is 6.03. The third-order valence-corrected chi connectivity index (χ3v) is 4.78. The highest BCUT2D eigenvalue weighted by Crippen LogP contribution is 2.30. The van der Waals surface area contributed by atoms with Crippen LogP contribution in [0.1, 0.15) is 37.8 Å². The van der Waals surface area contributed by atoms with Gasteiger partial charge in [0, 0.05) is 29.9 Å². The van der Waals surface area contributed by atoms with Crippen molar-refractivity contribution in [2.24, 2.45) is 5.92 Å². The van der Waals surface area contributed by atoms with E-state index in [4.69, 9.17) is 0 Å². The van der Waals surface area contributed by atoms with E-state index in [1.807, 2.05) is 39.0 Å². The first kappa shape index (κ1) is 19.7. The van der Waals surface area contributed by atoms with E-state index in [9.17, 15) is 14.7 Å². The lowest BCUT2D eigenvalue weighted by Gasteiger charge is -2.23. The molecule has 3 N–H and O–H groups in total. The minimum atomic E-state index is -0.184. The molecule has 148 valence electrons. The molecular formula is C22H27N3O3. The summed E-state index contributed by atoms with van der Waals surface area (Å²) in [4.78, 5) is 26.7. The van der Waals surface area contributed by atoms with Crippen molar-refractivity contribution in [2.75, 3.05) is 10.6 Å². The highest BCUT2D eigenvalue weighted by Gasteiger charge is 2.32. The predicted molar refractivity (Wildman–Crippen MR) is 110 cm³/mol. The average molecular weight is 381 g/mol. The van der Waals surface area contributed by atoms with Gasteiger partial charge in [0.1, 0.15) is 5.75 Å². The highest BCUT2D eigenvalue weighted by atomic mass is 16.3. The lowest BCUT2D eigenvalue weighted by molar-refractivity contribution is -0.118. The Bertz CT molecular complexity index is 875. The van der Waals surface area contributed by atoms with Crippen LogP contribution in [0.5, 0.6) is 5.75 Å². The predicted octanol–water partition coefficient (Wildman–Crippen LogP) is 4.49. The van der Waals surface area contributed by atoms with Gasteiger partial charge in [-0.1, -0.05) is 32.0 Å². The first-order valence-electron chi connectivity index (χ1n) is 9.60. The van der Waals surface area contributed by atoms with Crippen molar-refractivity contribution in [3.8, 4) is 5.75 Å². The summed E-state index contributed by atoms with van der Waals surface area (Å²) in [6, 6.07) is 12.5. The molecule has 2 aromatic carbocycles. The zero-order valence-electron chi connectivity index (χ0n) is 16.5. The Morgan fingerprint density at radius 1 is 1.14 bits per heavy atom. The van der Waals surface area contributed by atoms with Crippen molar-refractivity contribution >= 4 is 23.3 Å². The zero-order valence-corrected chi connectivity index (χ0v) is 16.5. The molecule has 0 spiro atoms. The number of hydrogen-bond acceptors (Lipinski definition) is 3. The Hall–Kier alpha value is -3.02. The third kappa shape index (κ3) is 5.03. The molecule has 0 aliphatic heterocycles. The Balaban J connectivity index is 1.72. The quantitative estimate of drug-likeness (QED) is 0.689. The van der Waals surface area contributed by atoms with Gasteiger partial charge in [-0.3, -0.25) is 4.79 Å². The van der Waals surface area contributed by atoms with Gasteiger partial charge in [-0.25, -0.2) is 4.79 Å². The molecule has 0 saturated heterocycles. The molecule has 3 rings (SSSR count). The molecule has 28 heavy (non-hydrogen) atoms. The Morgan fingerprint density at radius 3 is 2.54 bits per heavy atom. The minimum absolute atomic E-state index is 0.0601. The van der Waals surface area contributed by atoms with Crippen molar-refractivity contribution < 1.29 is 14.7 Å². The van der Waals surface area contributed by atoms with E-state index in [1.165, 1.54) is 0 Å². The Kier molecular flexibility index (Phi) is 5.87. The molecule has 0 bridgehead atoms. The molecule has 1 saturated carbocycles. The first-order valence-corrected chi connectivity index (χ1v) is 9.60. The van der Waals surface area contributed by atoms with E-state index >= 15 is 0 Å². The molecule has 0 unspecified atom stereocenters. The number of rotatable bonds is 6. The van der Waals surface area contributed by atoms with E-state index in [-0.39, 0.29) is 29.6 Å². The molecular weight excluding hydrogens is 354 g/mol. The number of nitrogens with one attached hydrogen (secondary N) is 2. The van der Waals surface area contributed by atoms with Gasteiger partial charge in [0.25, 0.3) is 0 Å². The number of aromatic hydroxyl groups is 1. The van der Waals surface area contributed by atoms with Gasteiger partial charge >= 0.3 is 6.03 Å². The zero-order chi connectivity index (χ0) is 20.3. The molecule has 2 aromatic rings. The molecule has 0 radical (unpaired) electrons. The minimum Gasteiger partial charge on any atom is -0.508 e. The second-order valence-electron chi connectivity index (χ2n) is 7.63. The first-order chi connectivity index (χ1) is 13.3. The molecule has 6 nitrogen and oxygen atoms in total. The number of carbonyl (C=O) groups excluding carboxylic acids is 2. The van der Waals surface area contributed by atoms with Crippen molar-refractivity contribution in [1.29, 1.82) is 0 Å². The van der Waals surface area contributed by atoms with Crippen LogP contribution in [0.4, 0.5) is 16.2 Å². The fourth-order valence-corrected chi connectivity index (χ4v) is 2.91. The summed E-state index contributed by atoms with van der Waals surface area (Å²) in [5.41, 5.74) is 3.15. The molecule has 0 aromatic heterocycles. The van der Waals surface area contributed by atoms with Crippen molar-refractivity contribution in [2.45, 2.75) is 46.2 Å². The standard InChI is InChI=1S/C22H27N3O3/c1-14(2)21(27)24-20-12-17(8-7-15(20)3)23-22(28)25(18-9-10-18)13-16-5-4-6-19(26)11-16/h4-8,11-12,14,18,26H,9-10,13H2,1-3H3,(H,23,28)(H,24,27). The second-order valence-corrected chi connectivity index (χ2v) is 7.63. The number of benzene rings is 2. The number of anilines is 2. The van der Waals surface area contributed by atoms with Crippen LogP contribution in [0.25, 0.3) is 0 Å². The van der Waals surface area contributed by atoms with E-state index in [0.717, 1.165) is 24.0 Å². The summed E-state index contributed by atoms with van der Waals surface area (Å²) in [5, 5.41) is 15.5. The number of amides is 3. The number of carbonyl (C=O) groups is 2. The van der Waals surface area contributed by atoms with Crippen LogP contribution in [0.15, 0.2) is 42.5 Å². The van der Waals surface area contributed by atoms with Crippen LogP contribution >= 0.6 is 0 Å². The third-order valence-electron chi connectivity index (χ3n) is 4.78. The van der Waals surface area contributed by atoms with Gasteiger partial charge in [0.05, 0.1) is 0 Å². The van der Waals surface area contributed by atoms with Gasteiger partial charge in [-0.2, -0.15) is 0 Å². The van der Waals surface area contributed by atoms with Crippen LogP contribution in [0.3, 0.4) is 0 Å². The van der Waals surface area contributed by atoms with Crippen LogP contribution < -0.4 is 10.6 Å². The van der Waals surface area contributed by atoms with Crippen molar-refractivity contribution in [1.82, 2.24) is 4.90 Å². The fraction of sp³-hybridized carbons (Fsp3) is 0.364. The summed E-state index contributed by atoms with van der Waals surface area (Å²) in [6.07, 6.45) is 1.96. The number of hydrogen-bond donors (Lipinski definition) is 3. The van der Waals surface area contributed by atoms with Crippen LogP contribution in [-0.4, -0.2) is 28.0 Å². The van der Waals surface area contributed by atoms with E-state index < -0.39 is 0 Å². The number of phenols is 1.